The van der Waals surface area contributed by atoms with Crippen LogP contribution in [0.2, 0.25) is 0 Å². The van der Waals surface area contributed by atoms with Crippen molar-refractivity contribution in [3.8, 4) is 17.2 Å². The number of aliphatic hydroxyl groups is 1. The molecule has 7 heteroatoms. The Morgan fingerprint density at radius 2 is 1.68 bits per heavy atom. The van der Waals surface area contributed by atoms with Crippen LogP contribution in [0.1, 0.15) is 29.8 Å². The molecule has 7 nitrogen and oxygen atoms in total. The van der Waals surface area contributed by atoms with Crippen molar-refractivity contribution in [2.75, 3.05) is 45.7 Å². The van der Waals surface area contributed by atoms with Crippen LogP contribution in [0.4, 0.5) is 5.69 Å². The molecule has 0 saturated carbocycles. The van der Waals surface area contributed by atoms with Crippen LogP contribution in [0.15, 0.2) is 72.8 Å². The van der Waals surface area contributed by atoms with E-state index in [4.69, 9.17) is 9.47 Å². The van der Waals surface area contributed by atoms with E-state index in [9.17, 15) is 9.90 Å². The van der Waals surface area contributed by atoms with E-state index in [2.05, 4.69) is 31.0 Å². The van der Waals surface area contributed by atoms with E-state index < -0.39 is 0 Å². The molecular weight excluding hydrogens is 478 g/mol. The lowest BCUT2D eigenvalue weighted by Gasteiger charge is -2.39. The van der Waals surface area contributed by atoms with Crippen LogP contribution in [0, 0.1) is 5.92 Å². The first-order valence-corrected chi connectivity index (χ1v) is 13.2. The number of para-hydroxylation sites is 2. The van der Waals surface area contributed by atoms with Crippen molar-refractivity contribution in [1.29, 1.82) is 0 Å². The minimum Gasteiger partial charge on any atom is -0.486 e. The molecule has 0 bridgehead atoms. The summed E-state index contributed by atoms with van der Waals surface area (Å²) in [7, 11) is 5.99. The van der Waals surface area contributed by atoms with Gasteiger partial charge in [0, 0.05) is 39.6 Å². The highest BCUT2D eigenvalue weighted by atomic mass is 16.5. The Hall–Kier alpha value is -3.55. The average molecular weight is 518 g/mol. The Balaban J connectivity index is 1.51. The standard InChI is InChI=1S/C31H39N3O4/c1-22-18-34(23(2)21-35)31(36)27-12-9-13-28(32(3)4)30(27)38-29(22)20-33(5)19-24-14-16-26(17-15-24)37-25-10-7-6-8-11-25/h6-17,22-23,29,35H,18-21H2,1-5H3/t22-,23-,29-/m1/s1. The van der Waals surface area contributed by atoms with Crippen molar-refractivity contribution >= 4 is 11.6 Å². The number of fused-ring (bicyclic) bond motifs is 1. The van der Waals surface area contributed by atoms with Crippen LogP contribution < -0.4 is 14.4 Å². The first-order valence-electron chi connectivity index (χ1n) is 13.2. The molecule has 1 aliphatic heterocycles. The summed E-state index contributed by atoms with van der Waals surface area (Å²) >= 11 is 0. The molecule has 1 aliphatic rings. The minimum atomic E-state index is -0.283. The van der Waals surface area contributed by atoms with Gasteiger partial charge in [-0.05, 0) is 55.9 Å². The number of benzene rings is 3. The predicted molar refractivity (Wildman–Crippen MR) is 151 cm³/mol. The third-order valence-corrected chi connectivity index (χ3v) is 7.00. The second kappa shape index (κ2) is 12.3. The van der Waals surface area contributed by atoms with Gasteiger partial charge >= 0.3 is 0 Å². The second-order valence-electron chi connectivity index (χ2n) is 10.4. The molecule has 1 N–H and O–H groups in total. The Labute approximate surface area is 226 Å². The Morgan fingerprint density at radius 3 is 2.34 bits per heavy atom. The highest BCUT2D eigenvalue weighted by Gasteiger charge is 2.34. The van der Waals surface area contributed by atoms with E-state index in [0.29, 0.717) is 24.4 Å². The number of ether oxygens (including phenoxy) is 2. The number of rotatable bonds is 9. The summed E-state index contributed by atoms with van der Waals surface area (Å²) in [5.41, 5.74) is 2.57. The third-order valence-electron chi connectivity index (χ3n) is 7.00. The van der Waals surface area contributed by atoms with Gasteiger partial charge in [-0.3, -0.25) is 9.69 Å². The molecule has 3 aromatic carbocycles. The zero-order valence-corrected chi connectivity index (χ0v) is 23.0. The maximum absolute atomic E-state index is 13.5. The van der Waals surface area contributed by atoms with Gasteiger partial charge in [-0.1, -0.05) is 43.3 Å². The summed E-state index contributed by atoms with van der Waals surface area (Å²) in [6.45, 7) is 5.85. The van der Waals surface area contributed by atoms with Gasteiger partial charge in [-0.2, -0.15) is 0 Å². The van der Waals surface area contributed by atoms with Gasteiger partial charge in [-0.15, -0.1) is 0 Å². The number of anilines is 1. The van der Waals surface area contributed by atoms with E-state index in [1.54, 1.807) is 4.90 Å². The summed E-state index contributed by atoms with van der Waals surface area (Å²) < 4.78 is 12.6. The summed E-state index contributed by atoms with van der Waals surface area (Å²) in [6.07, 6.45) is -0.151. The van der Waals surface area contributed by atoms with E-state index >= 15 is 0 Å². The SMILES string of the molecule is C[C@@H]1CN([C@H](C)CO)C(=O)c2cccc(N(C)C)c2O[C@@H]1CN(C)Cc1ccc(Oc2ccccc2)cc1. The second-order valence-corrected chi connectivity index (χ2v) is 10.4. The smallest absolute Gasteiger partial charge is 0.258 e. The topological polar surface area (TPSA) is 65.5 Å². The van der Waals surface area contributed by atoms with Crippen LogP contribution in [-0.2, 0) is 6.54 Å². The normalized spacial score (nSPS) is 18.3. The molecule has 0 unspecified atom stereocenters. The molecule has 38 heavy (non-hydrogen) atoms. The number of carbonyl (C=O) groups excluding carboxylic acids is 1. The van der Waals surface area contributed by atoms with Gasteiger partial charge in [-0.25, -0.2) is 0 Å². The predicted octanol–water partition coefficient (Wildman–Crippen LogP) is 4.90. The maximum atomic E-state index is 13.5. The monoisotopic (exact) mass is 517 g/mol. The fraction of sp³-hybridized carbons (Fsp3) is 0.387. The minimum absolute atomic E-state index is 0.0559. The third kappa shape index (κ3) is 6.47. The largest absolute Gasteiger partial charge is 0.486 e. The van der Waals surface area contributed by atoms with Gasteiger partial charge in [0.15, 0.2) is 5.75 Å². The fourth-order valence-corrected chi connectivity index (χ4v) is 4.77. The Morgan fingerprint density at radius 1 is 1.00 bits per heavy atom. The summed E-state index contributed by atoms with van der Waals surface area (Å²) in [5, 5.41) is 9.87. The average Bonchev–Trinajstić information content (AvgIpc) is 2.91. The van der Waals surface area contributed by atoms with Crippen molar-refractivity contribution in [2.24, 2.45) is 5.92 Å². The molecule has 202 valence electrons. The first-order chi connectivity index (χ1) is 18.3. The number of likely N-dealkylation sites (N-methyl/N-ethyl adjacent to an activating group) is 1. The molecule has 1 heterocycles. The molecular formula is C31H39N3O4. The van der Waals surface area contributed by atoms with E-state index in [1.807, 2.05) is 86.6 Å². The van der Waals surface area contributed by atoms with Gasteiger partial charge < -0.3 is 24.4 Å². The lowest BCUT2D eigenvalue weighted by atomic mass is 9.98. The molecule has 1 amide bonds. The Bertz CT molecular complexity index is 1200. The van der Waals surface area contributed by atoms with Crippen LogP contribution >= 0.6 is 0 Å². The van der Waals surface area contributed by atoms with Crippen molar-refractivity contribution < 1.29 is 19.4 Å². The number of hydrogen-bond donors (Lipinski definition) is 1. The number of hydrogen-bond acceptors (Lipinski definition) is 6. The van der Waals surface area contributed by atoms with Gasteiger partial charge in [0.05, 0.1) is 23.9 Å². The lowest BCUT2D eigenvalue weighted by molar-refractivity contribution is 0.0343. The molecule has 0 saturated heterocycles. The maximum Gasteiger partial charge on any atom is 0.258 e. The van der Waals surface area contributed by atoms with Crippen LogP contribution in [0.25, 0.3) is 0 Å². The van der Waals surface area contributed by atoms with Crippen molar-refractivity contribution in [1.82, 2.24) is 9.80 Å². The molecule has 4 rings (SSSR count). The molecule has 3 atom stereocenters. The van der Waals surface area contributed by atoms with E-state index in [0.717, 1.165) is 23.7 Å². The molecule has 3 aromatic rings. The summed E-state index contributed by atoms with van der Waals surface area (Å²) in [4.78, 5) is 19.5. The fourth-order valence-electron chi connectivity index (χ4n) is 4.77. The quantitative estimate of drug-likeness (QED) is 0.436. The zero-order valence-electron chi connectivity index (χ0n) is 23.0. The highest BCUT2D eigenvalue weighted by Crippen LogP contribution is 2.36. The van der Waals surface area contributed by atoms with Crippen molar-refractivity contribution in [2.45, 2.75) is 32.5 Å². The van der Waals surface area contributed by atoms with Gasteiger partial charge in [0.1, 0.15) is 17.6 Å². The van der Waals surface area contributed by atoms with Crippen molar-refractivity contribution in [3.63, 3.8) is 0 Å². The van der Waals surface area contributed by atoms with Crippen LogP contribution in [-0.4, -0.2) is 73.8 Å². The molecule has 0 aromatic heterocycles. The number of amides is 1. The van der Waals surface area contributed by atoms with Crippen LogP contribution in [0.3, 0.4) is 0 Å². The zero-order chi connectivity index (χ0) is 27.2. The number of aliphatic hydroxyl groups excluding tert-OH is 1. The Kier molecular flexibility index (Phi) is 8.92. The molecule has 0 spiro atoms. The van der Waals surface area contributed by atoms with E-state index in [-0.39, 0.29) is 30.6 Å². The number of carbonyl (C=O) groups is 1. The van der Waals surface area contributed by atoms with E-state index in [1.165, 1.54) is 5.56 Å². The number of nitrogens with zero attached hydrogens (tertiary/aromatic N) is 3. The summed E-state index contributed by atoms with van der Waals surface area (Å²) in [5.74, 6) is 2.16. The van der Waals surface area contributed by atoms with Crippen molar-refractivity contribution in [3.05, 3.63) is 83.9 Å². The molecule has 0 fully saturated rings. The summed E-state index contributed by atoms with van der Waals surface area (Å²) in [6, 6.07) is 23.3. The molecule has 0 aliphatic carbocycles. The van der Waals surface area contributed by atoms with Crippen LogP contribution in [0.5, 0.6) is 17.2 Å². The molecule has 0 radical (unpaired) electrons. The van der Waals surface area contributed by atoms with Gasteiger partial charge in [0.25, 0.3) is 5.91 Å². The lowest BCUT2D eigenvalue weighted by Crippen LogP contribution is -2.49. The first kappa shape index (κ1) is 27.5. The highest BCUT2D eigenvalue weighted by molar-refractivity contribution is 5.99. The van der Waals surface area contributed by atoms with Gasteiger partial charge in [0.2, 0.25) is 0 Å².